The summed E-state index contributed by atoms with van der Waals surface area (Å²) in [6.45, 7) is 5.96. The van der Waals surface area contributed by atoms with Gasteiger partial charge < -0.3 is 5.32 Å². The van der Waals surface area contributed by atoms with Crippen molar-refractivity contribution < 1.29 is 9.18 Å². The maximum Gasteiger partial charge on any atom is 0.254 e. The van der Waals surface area contributed by atoms with E-state index < -0.39 is 11.7 Å². The molecule has 1 N–H and O–H groups in total. The smallest absolute Gasteiger partial charge is 0.254 e. The van der Waals surface area contributed by atoms with Crippen LogP contribution in [0, 0.1) is 26.6 Å². The number of amides is 1. The van der Waals surface area contributed by atoms with Gasteiger partial charge in [-0.1, -0.05) is 6.07 Å². The SMILES string of the molecule is Cc1ccc(C(=O)NCc2c(C)nn(C)c2C)c(F)c1. The Labute approximate surface area is 117 Å². The van der Waals surface area contributed by atoms with Crippen LogP contribution in [-0.2, 0) is 13.6 Å². The summed E-state index contributed by atoms with van der Waals surface area (Å²) in [6, 6.07) is 4.58. The summed E-state index contributed by atoms with van der Waals surface area (Å²) in [4.78, 5) is 12.0. The second kappa shape index (κ2) is 5.45. The van der Waals surface area contributed by atoms with Crippen LogP contribution in [0.1, 0.15) is 32.9 Å². The molecular weight excluding hydrogens is 257 g/mol. The maximum absolute atomic E-state index is 13.7. The minimum atomic E-state index is -0.498. The van der Waals surface area contributed by atoms with E-state index in [2.05, 4.69) is 10.4 Å². The number of nitrogens with zero attached hydrogens (tertiary/aromatic N) is 2. The number of aromatic nitrogens is 2. The quantitative estimate of drug-likeness (QED) is 0.935. The first kappa shape index (κ1) is 14.2. The summed E-state index contributed by atoms with van der Waals surface area (Å²) < 4.78 is 15.5. The van der Waals surface area contributed by atoms with Crippen LogP contribution in [0.25, 0.3) is 0 Å². The number of rotatable bonds is 3. The van der Waals surface area contributed by atoms with Crippen LogP contribution in [0.5, 0.6) is 0 Å². The third-order valence-corrected chi connectivity index (χ3v) is 3.45. The Morgan fingerprint density at radius 3 is 2.60 bits per heavy atom. The van der Waals surface area contributed by atoms with Crippen LogP contribution < -0.4 is 5.32 Å². The summed E-state index contributed by atoms with van der Waals surface area (Å²) in [6.07, 6.45) is 0. The molecule has 0 aliphatic heterocycles. The monoisotopic (exact) mass is 275 g/mol. The Morgan fingerprint density at radius 2 is 2.05 bits per heavy atom. The zero-order chi connectivity index (χ0) is 14.9. The van der Waals surface area contributed by atoms with Gasteiger partial charge in [-0.2, -0.15) is 5.10 Å². The lowest BCUT2D eigenvalue weighted by Gasteiger charge is -2.07. The van der Waals surface area contributed by atoms with Crippen molar-refractivity contribution in [2.75, 3.05) is 0 Å². The van der Waals surface area contributed by atoms with E-state index in [1.165, 1.54) is 12.1 Å². The number of nitrogens with one attached hydrogen (secondary N) is 1. The van der Waals surface area contributed by atoms with Crippen LogP contribution in [0.4, 0.5) is 4.39 Å². The molecule has 1 aromatic carbocycles. The van der Waals surface area contributed by atoms with Crippen LogP contribution in [0.2, 0.25) is 0 Å². The van der Waals surface area contributed by atoms with Crippen molar-refractivity contribution in [3.63, 3.8) is 0 Å². The van der Waals surface area contributed by atoms with Crippen LogP contribution >= 0.6 is 0 Å². The number of carbonyl (C=O) groups excluding carboxylic acids is 1. The molecule has 0 aliphatic carbocycles. The van der Waals surface area contributed by atoms with Gasteiger partial charge in [0.1, 0.15) is 5.82 Å². The molecule has 0 aliphatic rings. The molecule has 4 nitrogen and oxygen atoms in total. The van der Waals surface area contributed by atoms with E-state index in [1.807, 2.05) is 20.9 Å². The van der Waals surface area contributed by atoms with Gasteiger partial charge in [-0.3, -0.25) is 9.48 Å². The molecule has 2 aromatic rings. The molecule has 0 spiro atoms. The van der Waals surface area contributed by atoms with Gasteiger partial charge in [0.25, 0.3) is 5.91 Å². The molecule has 0 saturated heterocycles. The van der Waals surface area contributed by atoms with Crippen molar-refractivity contribution >= 4 is 5.91 Å². The molecule has 1 amide bonds. The van der Waals surface area contributed by atoms with E-state index in [4.69, 9.17) is 0 Å². The van der Waals surface area contributed by atoms with Gasteiger partial charge in [-0.05, 0) is 38.5 Å². The number of carbonyl (C=O) groups is 1. The van der Waals surface area contributed by atoms with Gasteiger partial charge in [0.05, 0.1) is 11.3 Å². The molecule has 106 valence electrons. The van der Waals surface area contributed by atoms with E-state index in [0.29, 0.717) is 6.54 Å². The first-order chi connectivity index (χ1) is 9.40. The minimum absolute atomic E-state index is 0.0646. The zero-order valence-corrected chi connectivity index (χ0v) is 12.1. The Bertz CT molecular complexity index is 661. The predicted molar refractivity (Wildman–Crippen MR) is 75.0 cm³/mol. The standard InChI is InChI=1S/C15H18FN3O/c1-9-5-6-12(14(16)7-9)15(20)17-8-13-10(2)18-19(4)11(13)3/h5-7H,8H2,1-4H3,(H,17,20). The van der Waals surface area contributed by atoms with Crippen LogP contribution in [0.15, 0.2) is 18.2 Å². The van der Waals surface area contributed by atoms with Gasteiger partial charge >= 0.3 is 0 Å². The molecule has 1 heterocycles. The third kappa shape index (κ3) is 2.71. The second-order valence-corrected chi connectivity index (χ2v) is 4.94. The highest BCUT2D eigenvalue weighted by atomic mass is 19.1. The Morgan fingerprint density at radius 1 is 1.35 bits per heavy atom. The first-order valence-corrected chi connectivity index (χ1v) is 6.43. The summed E-state index contributed by atoms with van der Waals surface area (Å²) in [5.74, 6) is -0.910. The van der Waals surface area contributed by atoms with Crippen molar-refractivity contribution in [1.29, 1.82) is 0 Å². The lowest BCUT2D eigenvalue weighted by Crippen LogP contribution is -2.24. The number of hydrogen-bond acceptors (Lipinski definition) is 2. The molecule has 0 radical (unpaired) electrons. The van der Waals surface area contributed by atoms with E-state index in [0.717, 1.165) is 22.5 Å². The van der Waals surface area contributed by atoms with E-state index in [-0.39, 0.29) is 5.56 Å². The molecule has 0 fully saturated rings. The summed E-state index contributed by atoms with van der Waals surface area (Å²) >= 11 is 0. The second-order valence-electron chi connectivity index (χ2n) is 4.94. The van der Waals surface area contributed by atoms with Gasteiger partial charge in [0, 0.05) is 24.8 Å². The number of benzene rings is 1. The lowest BCUT2D eigenvalue weighted by atomic mass is 10.1. The fourth-order valence-corrected chi connectivity index (χ4v) is 2.14. The van der Waals surface area contributed by atoms with Crippen LogP contribution in [0.3, 0.4) is 0 Å². The molecule has 20 heavy (non-hydrogen) atoms. The number of halogens is 1. The third-order valence-electron chi connectivity index (χ3n) is 3.45. The molecule has 1 aromatic heterocycles. The Hall–Kier alpha value is -2.17. The topological polar surface area (TPSA) is 46.9 Å². The first-order valence-electron chi connectivity index (χ1n) is 6.43. The number of hydrogen-bond donors (Lipinski definition) is 1. The van der Waals surface area contributed by atoms with Gasteiger partial charge in [-0.15, -0.1) is 0 Å². The van der Waals surface area contributed by atoms with Crippen molar-refractivity contribution in [2.24, 2.45) is 7.05 Å². The van der Waals surface area contributed by atoms with Gasteiger partial charge in [-0.25, -0.2) is 4.39 Å². The van der Waals surface area contributed by atoms with Crippen molar-refractivity contribution in [1.82, 2.24) is 15.1 Å². The van der Waals surface area contributed by atoms with Crippen molar-refractivity contribution in [3.8, 4) is 0 Å². The van der Waals surface area contributed by atoms with E-state index in [1.54, 1.807) is 17.7 Å². The molecule has 0 unspecified atom stereocenters. The normalized spacial score (nSPS) is 10.7. The average molecular weight is 275 g/mol. The highest BCUT2D eigenvalue weighted by molar-refractivity contribution is 5.94. The average Bonchev–Trinajstić information content (AvgIpc) is 2.61. The minimum Gasteiger partial charge on any atom is -0.348 e. The number of aryl methyl sites for hydroxylation is 3. The fraction of sp³-hybridized carbons (Fsp3) is 0.333. The molecule has 0 bridgehead atoms. The molecule has 0 atom stereocenters. The molecule has 2 rings (SSSR count). The fourth-order valence-electron chi connectivity index (χ4n) is 2.14. The summed E-state index contributed by atoms with van der Waals surface area (Å²) in [7, 11) is 1.85. The lowest BCUT2D eigenvalue weighted by molar-refractivity contribution is 0.0947. The largest absolute Gasteiger partial charge is 0.348 e. The van der Waals surface area contributed by atoms with E-state index in [9.17, 15) is 9.18 Å². The summed E-state index contributed by atoms with van der Waals surface area (Å²) in [5.41, 5.74) is 3.68. The molecule has 5 heteroatoms. The molecule has 0 saturated carbocycles. The Balaban J connectivity index is 2.12. The molecular formula is C15H18FN3O. The summed E-state index contributed by atoms with van der Waals surface area (Å²) in [5, 5.41) is 7.02. The van der Waals surface area contributed by atoms with Crippen molar-refractivity contribution in [3.05, 3.63) is 52.1 Å². The predicted octanol–water partition coefficient (Wildman–Crippen LogP) is 2.41. The zero-order valence-electron chi connectivity index (χ0n) is 12.1. The highest BCUT2D eigenvalue weighted by Gasteiger charge is 2.14. The highest BCUT2D eigenvalue weighted by Crippen LogP contribution is 2.13. The van der Waals surface area contributed by atoms with Gasteiger partial charge in [0.2, 0.25) is 0 Å². The van der Waals surface area contributed by atoms with E-state index >= 15 is 0 Å². The van der Waals surface area contributed by atoms with Crippen LogP contribution in [-0.4, -0.2) is 15.7 Å². The Kier molecular flexibility index (Phi) is 3.88. The van der Waals surface area contributed by atoms with Gasteiger partial charge in [0.15, 0.2) is 0 Å². The maximum atomic E-state index is 13.7. The van der Waals surface area contributed by atoms with Crippen molar-refractivity contribution in [2.45, 2.75) is 27.3 Å².